The molecule has 3 aromatic rings. The van der Waals surface area contributed by atoms with Gasteiger partial charge in [0.1, 0.15) is 30.1 Å². The number of anilines is 3. The molecule has 38 heavy (non-hydrogen) atoms. The minimum absolute atomic E-state index is 0.0571. The first-order valence-electron chi connectivity index (χ1n) is 13.0. The maximum absolute atomic E-state index is 9.70. The van der Waals surface area contributed by atoms with Gasteiger partial charge in [0.2, 0.25) is 5.95 Å². The Morgan fingerprint density at radius 1 is 0.974 bits per heavy atom. The Hall–Kier alpha value is -3.85. The lowest BCUT2D eigenvalue weighted by molar-refractivity contribution is -0.0661. The second-order valence-electron chi connectivity index (χ2n) is 9.63. The number of ether oxygens (including phenoxy) is 3. The van der Waals surface area contributed by atoms with Crippen molar-refractivity contribution in [3.8, 4) is 23.2 Å². The number of benzene rings is 1. The predicted octanol–water partition coefficient (Wildman–Crippen LogP) is 2.63. The maximum Gasteiger partial charge on any atom is 0.230 e. The average Bonchev–Trinajstić information content (AvgIpc) is 2.94. The van der Waals surface area contributed by atoms with Gasteiger partial charge in [-0.2, -0.15) is 10.2 Å². The maximum atomic E-state index is 9.70. The average molecular weight is 515 g/mol. The van der Waals surface area contributed by atoms with Crippen LogP contribution >= 0.6 is 0 Å². The second-order valence-corrected chi connectivity index (χ2v) is 9.63. The largest absolute Gasteiger partial charge is 0.489 e. The van der Waals surface area contributed by atoms with E-state index >= 15 is 0 Å². The van der Waals surface area contributed by atoms with Gasteiger partial charge in [0.05, 0.1) is 49.9 Å². The molecule has 0 amide bonds. The summed E-state index contributed by atoms with van der Waals surface area (Å²) >= 11 is 0. The van der Waals surface area contributed by atoms with E-state index in [-0.39, 0.29) is 6.10 Å². The summed E-state index contributed by atoms with van der Waals surface area (Å²) in [7, 11) is 0. The number of hydrogen-bond donors (Lipinski definition) is 1. The van der Waals surface area contributed by atoms with Gasteiger partial charge in [0, 0.05) is 44.6 Å². The first kappa shape index (κ1) is 24.5. The van der Waals surface area contributed by atoms with Crippen molar-refractivity contribution in [3.05, 3.63) is 48.4 Å². The highest BCUT2D eigenvalue weighted by molar-refractivity contribution is 5.63. The van der Waals surface area contributed by atoms with E-state index in [2.05, 4.69) is 41.1 Å². The fourth-order valence-electron chi connectivity index (χ4n) is 4.85. The molecule has 0 bridgehead atoms. The van der Waals surface area contributed by atoms with Gasteiger partial charge in [-0.05, 0) is 30.3 Å². The van der Waals surface area contributed by atoms with Crippen LogP contribution in [-0.4, -0.2) is 89.6 Å². The minimum Gasteiger partial charge on any atom is -0.489 e. The Morgan fingerprint density at radius 2 is 1.82 bits per heavy atom. The topological polar surface area (TPSA) is 122 Å². The van der Waals surface area contributed by atoms with Gasteiger partial charge in [0.25, 0.3) is 0 Å². The smallest absolute Gasteiger partial charge is 0.230 e. The Morgan fingerprint density at radius 3 is 2.53 bits per heavy atom. The predicted molar refractivity (Wildman–Crippen MR) is 140 cm³/mol. The number of rotatable bonds is 7. The molecule has 0 unspecified atom stereocenters. The van der Waals surface area contributed by atoms with Crippen molar-refractivity contribution >= 4 is 17.5 Å². The molecule has 6 rings (SSSR count). The van der Waals surface area contributed by atoms with Crippen molar-refractivity contribution in [1.29, 1.82) is 5.26 Å². The van der Waals surface area contributed by atoms with Crippen LogP contribution in [-0.2, 0) is 9.47 Å². The molecule has 1 N–H and O–H groups in total. The third-order valence-electron chi connectivity index (χ3n) is 7.17. The lowest BCUT2D eigenvalue weighted by atomic mass is 10.1. The van der Waals surface area contributed by atoms with Crippen LogP contribution in [0.15, 0.2) is 42.9 Å². The molecule has 0 spiro atoms. The standard InChI is InChI=1S/C27H30N8O3/c28-14-20-13-19(1-3-24(20)38-23-5-11-36-12-6-23)26-30-18-31-27(33-26)32-21-2-4-25(29-15-21)35-9-7-34(8-10-35)22-16-37-17-22/h1-4,13,15,18,22-23H,5-12,16-17H2,(H,30,31,32,33). The highest BCUT2D eigenvalue weighted by Gasteiger charge is 2.29. The quantitative estimate of drug-likeness (QED) is 0.501. The third-order valence-corrected chi connectivity index (χ3v) is 7.17. The molecule has 196 valence electrons. The normalized spacial score (nSPS) is 19.0. The van der Waals surface area contributed by atoms with Crippen LogP contribution in [0, 0.1) is 11.3 Å². The van der Waals surface area contributed by atoms with Gasteiger partial charge >= 0.3 is 0 Å². The molecule has 11 heteroatoms. The highest BCUT2D eigenvalue weighted by atomic mass is 16.5. The number of aromatic nitrogens is 4. The molecular formula is C27H30N8O3. The lowest BCUT2D eigenvalue weighted by Crippen LogP contribution is -2.56. The minimum atomic E-state index is 0.0571. The first-order chi connectivity index (χ1) is 18.7. The third kappa shape index (κ3) is 5.52. The van der Waals surface area contributed by atoms with Crippen LogP contribution in [0.3, 0.4) is 0 Å². The Labute approximate surface area is 221 Å². The molecule has 5 heterocycles. The monoisotopic (exact) mass is 514 g/mol. The van der Waals surface area contributed by atoms with Gasteiger partial charge in [-0.25, -0.2) is 15.0 Å². The Bertz CT molecular complexity index is 1280. The highest BCUT2D eigenvalue weighted by Crippen LogP contribution is 2.27. The van der Waals surface area contributed by atoms with Crippen LogP contribution in [0.25, 0.3) is 11.4 Å². The molecule has 3 aliphatic rings. The van der Waals surface area contributed by atoms with E-state index in [1.54, 1.807) is 12.3 Å². The zero-order chi connectivity index (χ0) is 25.7. The molecule has 3 saturated heterocycles. The number of nitriles is 1. The van der Waals surface area contributed by atoms with Crippen LogP contribution in [0.4, 0.5) is 17.5 Å². The number of hydrogen-bond acceptors (Lipinski definition) is 11. The molecular weight excluding hydrogens is 484 g/mol. The van der Waals surface area contributed by atoms with Gasteiger partial charge in [-0.3, -0.25) is 4.90 Å². The number of pyridine rings is 1. The number of nitrogens with zero attached hydrogens (tertiary/aromatic N) is 7. The van der Waals surface area contributed by atoms with Crippen LogP contribution in [0.2, 0.25) is 0 Å². The SMILES string of the molecule is N#Cc1cc(-c2ncnc(Nc3ccc(N4CCN(C5COC5)CC4)nc3)n2)ccc1OC1CCOCC1. The second kappa shape index (κ2) is 11.3. The van der Waals surface area contributed by atoms with E-state index in [4.69, 9.17) is 14.2 Å². The van der Waals surface area contributed by atoms with E-state index in [0.29, 0.717) is 47.9 Å². The summed E-state index contributed by atoms with van der Waals surface area (Å²) < 4.78 is 16.8. The van der Waals surface area contributed by atoms with Gasteiger partial charge in [0.15, 0.2) is 5.82 Å². The van der Waals surface area contributed by atoms with Gasteiger partial charge < -0.3 is 24.4 Å². The van der Waals surface area contributed by atoms with Crippen LogP contribution in [0.1, 0.15) is 18.4 Å². The summed E-state index contributed by atoms with van der Waals surface area (Å²) in [4.78, 5) is 22.6. The van der Waals surface area contributed by atoms with Crippen LogP contribution < -0.4 is 15.0 Å². The van der Waals surface area contributed by atoms with E-state index in [1.165, 1.54) is 6.33 Å². The zero-order valence-electron chi connectivity index (χ0n) is 21.1. The Kier molecular flexibility index (Phi) is 7.26. The van der Waals surface area contributed by atoms with E-state index < -0.39 is 0 Å². The summed E-state index contributed by atoms with van der Waals surface area (Å²) in [5, 5.41) is 12.9. The molecule has 0 saturated carbocycles. The number of nitrogens with one attached hydrogen (secondary N) is 1. The summed E-state index contributed by atoms with van der Waals surface area (Å²) in [6.45, 7) is 7.03. The summed E-state index contributed by atoms with van der Waals surface area (Å²) in [6.07, 6.45) is 4.94. The molecule has 3 aliphatic heterocycles. The van der Waals surface area contributed by atoms with Crippen molar-refractivity contribution in [2.24, 2.45) is 0 Å². The van der Waals surface area contributed by atoms with Crippen LogP contribution in [0.5, 0.6) is 5.75 Å². The Balaban J connectivity index is 1.10. The molecule has 0 radical (unpaired) electrons. The molecule has 0 atom stereocenters. The van der Waals surface area contributed by atoms with Crippen molar-refractivity contribution in [2.75, 3.05) is 62.8 Å². The van der Waals surface area contributed by atoms with Crippen molar-refractivity contribution < 1.29 is 14.2 Å². The number of piperazine rings is 1. The van der Waals surface area contributed by atoms with E-state index in [9.17, 15) is 5.26 Å². The van der Waals surface area contributed by atoms with Crippen molar-refractivity contribution in [2.45, 2.75) is 25.0 Å². The molecule has 0 aliphatic carbocycles. The lowest BCUT2D eigenvalue weighted by Gasteiger charge is -2.42. The van der Waals surface area contributed by atoms with Gasteiger partial charge in [-0.15, -0.1) is 0 Å². The molecule has 1 aromatic carbocycles. The molecule has 2 aromatic heterocycles. The fourth-order valence-corrected chi connectivity index (χ4v) is 4.85. The first-order valence-corrected chi connectivity index (χ1v) is 13.0. The molecule has 11 nitrogen and oxygen atoms in total. The molecule has 3 fully saturated rings. The summed E-state index contributed by atoms with van der Waals surface area (Å²) in [5.41, 5.74) is 1.95. The zero-order valence-corrected chi connectivity index (χ0v) is 21.1. The van der Waals surface area contributed by atoms with Crippen molar-refractivity contribution in [1.82, 2.24) is 24.8 Å². The van der Waals surface area contributed by atoms with Gasteiger partial charge in [-0.1, -0.05) is 0 Å². The van der Waals surface area contributed by atoms with E-state index in [0.717, 1.165) is 63.7 Å². The van der Waals surface area contributed by atoms with E-state index in [1.807, 2.05) is 24.3 Å². The summed E-state index contributed by atoms with van der Waals surface area (Å²) in [6, 6.07) is 12.2. The fraction of sp³-hybridized carbons (Fsp3) is 0.444. The van der Waals surface area contributed by atoms with Crippen molar-refractivity contribution in [3.63, 3.8) is 0 Å². The summed E-state index contributed by atoms with van der Waals surface area (Å²) in [5.74, 6) is 2.40.